The summed E-state index contributed by atoms with van der Waals surface area (Å²) in [6.45, 7) is 2.02. The van der Waals surface area contributed by atoms with E-state index < -0.39 is 0 Å². The number of nitrogens with one attached hydrogen (secondary N) is 1. The SMILES string of the molecule is C[C@H](NC(=O)CSc1nnc(Cc2ccccc2)n1C)c1cccc2ccccc12. The second kappa shape index (κ2) is 9.13. The summed E-state index contributed by atoms with van der Waals surface area (Å²) in [6, 6.07) is 24.5. The molecule has 0 unspecified atom stereocenters. The monoisotopic (exact) mass is 416 g/mol. The molecule has 30 heavy (non-hydrogen) atoms. The molecule has 0 aliphatic heterocycles. The molecule has 1 heterocycles. The Kier molecular flexibility index (Phi) is 6.14. The van der Waals surface area contributed by atoms with Crippen LogP contribution in [0, 0.1) is 0 Å². The Balaban J connectivity index is 1.37. The van der Waals surface area contributed by atoms with Crippen molar-refractivity contribution >= 4 is 28.4 Å². The number of fused-ring (bicyclic) bond motifs is 1. The standard InChI is InChI=1S/C24H24N4OS/c1-17(20-14-8-12-19-11-6-7-13-21(19)20)25-23(29)16-30-24-27-26-22(28(24)2)15-18-9-4-3-5-10-18/h3-14,17H,15-16H2,1-2H3,(H,25,29)/t17-/m0/s1. The fourth-order valence-corrected chi connectivity index (χ4v) is 4.26. The van der Waals surface area contributed by atoms with Crippen molar-refractivity contribution in [2.24, 2.45) is 7.05 Å². The number of rotatable bonds is 7. The Morgan fingerprint density at radius 2 is 1.73 bits per heavy atom. The van der Waals surface area contributed by atoms with Crippen LogP contribution in [0.25, 0.3) is 10.8 Å². The van der Waals surface area contributed by atoms with Gasteiger partial charge in [-0.2, -0.15) is 0 Å². The quantitative estimate of drug-likeness (QED) is 0.450. The Labute approximate surface area is 180 Å². The number of nitrogens with zero attached hydrogens (tertiary/aromatic N) is 3. The summed E-state index contributed by atoms with van der Waals surface area (Å²) >= 11 is 1.40. The first-order chi connectivity index (χ1) is 14.6. The van der Waals surface area contributed by atoms with Crippen LogP contribution in [0.3, 0.4) is 0 Å². The number of thioether (sulfide) groups is 1. The van der Waals surface area contributed by atoms with Gasteiger partial charge in [0.05, 0.1) is 11.8 Å². The highest BCUT2D eigenvalue weighted by atomic mass is 32.2. The van der Waals surface area contributed by atoms with Crippen molar-refractivity contribution in [3.63, 3.8) is 0 Å². The normalized spacial score (nSPS) is 12.1. The predicted octanol–water partition coefficient (Wildman–Crippen LogP) is 4.53. The van der Waals surface area contributed by atoms with Gasteiger partial charge in [-0.05, 0) is 28.8 Å². The molecule has 1 atom stereocenters. The molecule has 0 saturated carbocycles. The van der Waals surface area contributed by atoms with Crippen LogP contribution in [0.4, 0.5) is 0 Å². The lowest BCUT2D eigenvalue weighted by atomic mass is 10.00. The van der Waals surface area contributed by atoms with Crippen molar-refractivity contribution in [3.05, 3.63) is 89.7 Å². The van der Waals surface area contributed by atoms with Gasteiger partial charge in [-0.25, -0.2) is 0 Å². The molecule has 0 aliphatic carbocycles. The number of benzene rings is 3. The summed E-state index contributed by atoms with van der Waals surface area (Å²) in [5.41, 5.74) is 2.31. The van der Waals surface area contributed by atoms with Gasteiger partial charge >= 0.3 is 0 Å². The number of hydrogen-bond donors (Lipinski definition) is 1. The molecule has 4 aromatic rings. The molecular weight excluding hydrogens is 392 g/mol. The summed E-state index contributed by atoms with van der Waals surface area (Å²) in [5.74, 6) is 1.16. The Morgan fingerprint density at radius 3 is 2.57 bits per heavy atom. The summed E-state index contributed by atoms with van der Waals surface area (Å²) < 4.78 is 1.96. The number of aromatic nitrogens is 3. The zero-order valence-electron chi connectivity index (χ0n) is 17.1. The lowest BCUT2D eigenvalue weighted by molar-refractivity contribution is -0.119. The van der Waals surface area contributed by atoms with Crippen LogP contribution in [-0.2, 0) is 18.3 Å². The molecule has 0 bridgehead atoms. The minimum Gasteiger partial charge on any atom is -0.349 e. The summed E-state index contributed by atoms with van der Waals surface area (Å²) in [4.78, 5) is 12.6. The van der Waals surface area contributed by atoms with E-state index in [2.05, 4.69) is 51.9 Å². The van der Waals surface area contributed by atoms with Crippen LogP contribution >= 0.6 is 11.8 Å². The van der Waals surface area contributed by atoms with Crippen molar-refractivity contribution in [1.82, 2.24) is 20.1 Å². The molecule has 4 rings (SSSR count). The van der Waals surface area contributed by atoms with E-state index in [-0.39, 0.29) is 11.9 Å². The van der Waals surface area contributed by atoms with Crippen molar-refractivity contribution in [1.29, 1.82) is 0 Å². The molecular formula is C24H24N4OS. The van der Waals surface area contributed by atoms with Gasteiger partial charge in [-0.15, -0.1) is 10.2 Å². The molecule has 0 saturated heterocycles. The first-order valence-corrected chi connectivity index (χ1v) is 10.9. The first kappa shape index (κ1) is 20.2. The van der Waals surface area contributed by atoms with E-state index in [0.29, 0.717) is 5.75 Å². The highest BCUT2D eigenvalue weighted by Gasteiger charge is 2.15. The van der Waals surface area contributed by atoms with Crippen LogP contribution in [0.15, 0.2) is 78.0 Å². The maximum atomic E-state index is 12.6. The van der Waals surface area contributed by atoms with Crippen molar-refractivity contribution in [3.8, 4) is 0 Å². The lowest BCUT2D eigenvalue weighted by Crippen LogP contribution is -2.28. The maximum absolute atomic E-state index is 12.6. The smallest absolute Gasteiger partial charge is 0.230 e. The van der Waals surface area contributed by atoms with Gasteiger partial charge in [-0.3, -0.25) is 4.79 Å². The van der Waals surface area contributed by atoms with E-state index in [1.54, 1.807) is 0 Å². The summed E-state index contributed by atoms with van der Waals surface area (Å²) in [6.07, 6.45) is 0.717. The van der Waals surface area contributed by atoms with E-state index in [4.69, 9.17) is 0 Å². The molecule has 1 aromatic heterocycles. The Morgan fingerprint density at radius 1 is 1.00 bits per heavy atom. The number of carbonyl (C=O) groups is 1. The zero-order valence-corrected chi connectivity index (χ0v) is 17.9. The van der Waals surface area contributed by atoms with Crippen molar-refractivity contribution in [2.75, 3.05) is 5.75 Å². The van der Waals surface area contributed by atoms with Crippen LogP contribution in [-0.4, -0.2) is 26.4 Å². The van der Waals surface area contributed by atoms with Gasteiger partial charge in [0.1, 0.15) is 5.82 Å². The fourth-order valence-electron chi connectivity index (χ4n) is 3.52. The molecule has 1 N–H and O–H groups in total. The minimum atomic E-state index is -0.0719. The van der Waals surface area contributed by atoms with Crippen LogP contribution < -0.4 is 5.32 Å². The second-order valence-corrected chi connectivity index (χ2v) is 8.21. The van der Waals surface area contributed by atoms with Gasteiger partial charge < -0.3 is 9.88 Å². The second-order valence-electron chi connectivity index (χ2n) is 7.27. The molecule has 0 radical (unpaired) electrons. The molecule has 0 aliphatic rings. The molecule has 3 aromatic carbocycles. The summed E-state index contributed by atoms with van der Waals surface area (Å²) in [5, 5.41) is 14.7. The molecule has 1 amide bonds. The van der Waals surface area contributed by atoms with Crippen LogP contribution in [0.2, 0.25) is 0 Å². The first-order valence-electron chi connectivity index (χ1n) is 9.94. The highest BCUT2D eigenvalue weighted by Crippen LogP contribution is 2.24. The van der Waals surface area contributed by atoms with Gasteiger partial charge in [0.25, 0.3) is 0 Å². The minimum absolute atomic E-state index is 0.0203. The average molecular weight is 417 g/mol. The maximum Gasteiger partial charge on any atom is 0.230 e. The average Bonchev–Trinajstić information content (AvgIpc) is 3.11. The number of hydrogen-bond acceptors (Lipinski definition) is 4. The van der Waals surface area contributed by atoms with E-state index in [0.717, 1.165) is 23.0 Å². The van der Waals surface area contributed by atoms with E-state index in [1.807, 2.05) is 54.9 Å². The fraction of sp³-hybridized carbons (Fsp3) is 0.208. The van der Waals surface area contributed by atoms with Gasteiger partial charge in [0.15, 0.2) is 5.16 Å². The third kappa shape index (κ3) is 4.54. The van der Waals surface area contributed by atoms with Gasteiger partial charge in [0, 0.05) is 13.5 Å². The number of amides is 1. The largest absolute Gasteiger partial charge is 0.349 e. The number of carbonyl (C=O) groups excluding carboxylic acids is 1. The van der Waals surface area contributed by atoms with Crippen molar-refractivity contribution in [2.45, 2.75) is 24.5 Å². The molecule has 0 fully saturated rings. The molecule has 0 spiro atoms. The third-order valence-electron chi connectivity index (χ3n) is 5.13. The molecule has 6 heteroatoms. The van der Waals surface area contributed by atoms with E-state index in [9.17, 15) is 4.79 Å². The highest BCUT2D eigenvalue weighted by molar-refractivity contribution is 7.99. The summed E-state index contributed by atoms with van der Waals surface area (Å²) in [7, 11) is 1.94. The topological polar surface area (TPSA) is 59.8 Å². The van der Waals surface area contributed by atoms with Gasteiger partial charge in [-0.1, -0.05) is 84.6 Å². The van der Waals surface area contributed by atoms with Crippen molar-refractivity contribution < 1.29 is 4.79 Å². The zero-order chi connectivity index (χ0) is 20.9. The Bertz CT molecular complexity index is 1150. The van der Waals surface area contributed by atoms with Gasteiger partial charge in [0.2, 0.25) is 5.91 Å². The van der Waals surface area contributed by atoms with E-state index in [1.165, 1.54) is 28.1 Å². The molecule has 5 nitrogen and oxygen atoms in total. The predicted molar refractivity (Wildman–Crippen MR) is 121 cm³/mol. The van der Waals surface area contributed by atoms with Crippen LogP contribution in [0.1, 0.15) is 29.9 Å². The molecule has 152 valence electrons. The Hall–Kier alpha value is -3.12. The lowest BCUT2D eigenvalue weighted by Gasteiger charge is -2.16. The van der Waals surface area contributed by atoms with E-state index >= 15 is 0 Å². The van der Waals surface area contributed by atoms with Crippen LogP contribution in [0.5, 0.6) is 0 Å². The third-order valence-corrected chi connectivity index (χ3v) is 6.15.